The zero-order valence-electron chi connectivity index (χ0n) is 17.4. The Bertz CT molecular complexity index is 848. The van der Waals surface area contributed by atoms with E-state index in [0.717, 1.165) is 74.8 Å². The standard InChI is InChI=1S/C21H26N4O5S/c1-28-19(26)14-18-20(27)23-21(31-18)24-22-15-16-4-6-17(7-5-16)30-11-3-2-8-25-9-12-29-13-10-25/h4-7,14-15H,2-3,8-13H2,1H3,(H,23,24,27)/b18-14+,22-15?. The topological polar surface area (TPSA) is 102 Å². The molecule has 166 valence electrons. The second-order valence-electron chi connectivity index (χ2n) is 6.82. The Labute approximate surface area is 185 Å². The lowest BCUT2D eigenvalue weighted by molar-refractivity contribution is -0.135. The molecule has 0 aliphatic carbocycles. The zero-order valence-corrected chi connectivity index (χ0v) is 18.2. The fourth-order valence-corrected chi connectivity index (χ4v) is 3.63. The quantitative estimate of drug-likeness (QED) is 0.203. The van der Waals surface area contributed by atoms with Gasteiger partial charge in [-0.3, -0.25) is 15.0 Å². The van der Waals surface area contributed by atoms with Gasteiger partial charge in [0.2, 0.25) is 0 Å². The smallest absolute Gasteiger partial charge is 0.331 e. The van der Waals surface area contributed by atoms with Crippen LogP contribution in [0.1, 0.15) is 18.4 Å². The molecule has 2 aliphatic rings. The lowest BCUT2D eigenvalue weighted by Crippen LogP contribution is -2.36. The normalized spacial score (nSPS) is 19.8. The number of thioether (sulfide) groups is 1. The van der Waals surface area contributed by atoms with Crippen LogP contribution < -0.4 is 10.1 Å². The molecule has 0 radical (unpaired) electrons. The Morgan fingerprint density at radius 1 is 1.26 bits per heavy atom. The maximum atomic E-state index is 11.8. The van der Waals surface area contributed by atoms with Crippen LogP contribution in [0.25, 0.3) is 0 Å². The number of hydrogen-bond acceptors (Lipinski definition) is 9. The first-order chi connectivity index (χ1) is 15.1. The van der Waals surface area contributed by atoms with Crippen molar-refractivity contribution >= 4 is 35.0 Å². The SMILES string of the molecule is COC(=O)/C=C1/S/C(=N\N=Cc2ccc(OCCCCN3CCOCC3)cc2)NC1=O. The number of nitrogens with zero attached hydrogens (tertiary/aromatic N) is 3. The van der Waals surface area contributed by atoms with Crippen LogP contribution in [0.3, 0.4) is 0 Å². The predicted octanol–water partition coefficient (Wildman–Crippen LogP) is 1.79. The van der Waals surface area contributed by atoms with Gasteiger partial charge in [-0.2, -0.15) is 5.10 Å². The van der Waals surface area contributed by atoms with E-state index in [2.05, 4.69) is 25.2 Å². The van der Waals surface area contributed by atoms with Gasteiger partial charge < -0.3 is 14.2 Å². The van der Waals surface area contributed by atoms with Crippen LogP contribution in [-0.2, 0) is 19.1 Å². The first-order valence-corrected chi connectivity index (χ1v) is 10.9. The minimum Gasteiger partial charge on any atom is -0.494 e. The fourth-order valence-electron chi connectivity index (χ4n) is 2.89. The van der Waals surface area contributed by atoms with Crippen LogP contribution in [0.15, 0.2) is 45.4 Å². The summed E-state index contributed by atoms with van der Waals surface area (Å²) >= 11 is 1.03. The van der Waals surface area contributed by atoms with Gasteiger partial charge in [-0.25, -0.2) is 4.79 Å². The molecule has 0 unspecified atom stereocenters. The number of amidine groups is 1. The van der Waals surface area contributed by atoms with E-state index in [9.17, 15) is 9.59 Å². The van der Waals surface area contributed by atoms with Crippen LogP contribution in [-0.4, -0.2) is 74.7 Å². The Morgan fingerprint density at radius 2 is 2.03 bits per heavy atom. The van der Waals surface area contributed by atoms with E-state index >= 15 is 0 Å². The highest BCUT2D eigenvalue weighted by Gasteiger charge is 2.24. The largest absolute Gasteiger partial charge is 0.494 e. The number of ether oxygens (including phenoxy) is 3. The Kier molecular flexibility index (Phi) is 9.07. The number of hydrogen-bond donors (Lipinski definition) is 1. The molecule has 0 saturated carbocycles. The van der Waals surface area contributed by atoms with E-state index in [-0.39, 0.29) is 4.91 Å². The van der Waals surface area contributed by atoms with Crippen LogP contribution in [0.5, 0.6) is 5.75 Å². The second kappa shape index (κ2) is 12.2. The predicted molar refractivity (Wildman–Crippen MR) is 119 cm³/mol. The molecule has 2 fully saturated rings. The van der Waals surface area contributed by atoms with E-state index < -0.39 is 11.9 Å². The summed E-state index contributed by atoms with van der Waals surface area (Å²) in [5.41, 5.74) is 0.851. The van der Waals surface area contributed by atoms with Gasteiger partial charge in [0.25, 0.3) is 5.91 Å². The van der Waals surface area contributed by atoms with Crippen molar-refractivity contribution in [1.82, 2.24) is 10.2 Å². The highest BCUT2D eigenvalue weighted by molar-refractivity contribution is 8.18. The van der Waals surface area contributed by atoms with Crippen LogP contribution in [0.4, 0.5) is 0 Å². The lowest BCUT2D eigenvalue weighted by Gasteiger charge is -2.26. The summed E-state index contributed by atoms with van der Waals surface area (Å²) < 4.78 is 15.7. The molecule has 10 heteroatoms. The van der Waals surface area contributed by atoms with Crippen molar-refractivity contribution in [2.75, 3.05) is 46.6 Å². The van der Waals surface area contributed by atoms with Crippen LogP contribution in [0, 0.1) is 0 Å². The molecular formula is C21H26N4O5S. The van der Waals surface area contributed by atoms with Crippen molar-refractivity contribution in [2.24, 2.45) is 10.2 Å². The van der Waals surface area contributed by atoms with Crippen molar-refractivity contribution in [3.05, 3.63) is 40.8 Å². The molecule has 9 nitrogen and oxygen atoms in total. The van der Waals surface area contributed by atoms with E-state index in [4.69, 9.17) is 9.47 Å². The Morgan fingerprint density at radius 3 is 2.77 bits per heavy atom. The highest BCUT2D eigenvalue weighted by Crippen LogP contribution is 2.23. The summed E-state index contributed by atoms with van der Waals surface area (Å²) in [5.74, 6) is -0.191. The maximum Gasteiger partial charge on any atom is 0.331 e. The summed E-state index contributed by atoms with van der Waals surface area (Å²) in [6, 6.07) is 7.55. The molecule has 0 atom stereocenters. The molecule has 1 amide bonds. The van der Waals surface area contributed by atoms with Crippen molar-refractivity contribution in [3.63, 3.8) is 0 Å². The van der Waals surface area contributed by atoms with Crippen LogP contribution in [0.2, 0.25) is 0 Å². The average molecular weight is 447 g/mol. The van der Waals surface area contributed by atoms with Crippen LogP contribution >= 0.6 is 11.8 Å². The summed E-state index contributed by atoms with van der Waals surface area (Å²) in [7, 11) is 1.25. The number of esters is 1. The van der Waals surface area contributed by atoms with E-state index in [1.54, 1.807) is 6.21 Å². The third kappa shape index (κ3) is 7.82. The lowest BCUT2D eigenvalue weighted by atomic mass is 10.2. The van der Waals surface area contributed by atoms with E-state index in [1.165, 1.54) is 7.11 Å². The van der Waals surface area contributed by atoms with Crippen molar-refractivity contribution in [1.29, 1.82) is 0 Å². The zero-order chi connectivity index (χ0) is 21.9. The average Bonchev–Trinajstić information content (AvgIpc) is 3.14. The number of nitrogens with one attached hydrogen (secondary N) is 1. The third-order valence-corrected chi connectivity index (χ3v) is 5.48. The number of rotatable bonds is 9. The molecule has 3 rings (SSSR count). The van der Waals surface area contributed by atoms with Gasteiger partial charge in [0, 0.05) is 19.2 Å². The van der Waals surface area contributed by atoms with Gasteiger partial charge in [0.1, 0.15) is 5.75 Å². The number of carbonyl (C=O) groups excluding carboxylic acids is 2. The maximum absolute atomic E-state index is 11.8. The van der Waals surface area contributed by atoms with E-state index in [1.807, 2.05) is 24.3 Å². The number of unbranched alkanes of at least 4 members (excludes halogenated alkanes) is 1. The van der Waals surface area contributed by atoms with Gasteiger partial charge >= 0.3 is 5.97 Å². The monoisotopic (exact) mass is 446 g/mol. The molecule has 2 aliphatic heterocycles. The minimum atomic E-state index is -0.596. The van der Waals surface area contributed by atoms with Crippen molar-refractivity contribution < 1.29 is 23.8 Å². The summed E-state index contributed by atoms with van der Waals surface area (Å²) in [4.78, 5) is 25.6. The number of benzene rings is 1. The first kappa shape index (κ1) is 23.0. The number of methoxy groups -OCH3 is 1. The summed E-state index contributed by atoms with van der Waals surface area (Å²) in [5, 5.41) is 10.8. The Hall–Kier alpha value is -2.69. The highest BCUT2D eigenvalue weighted by atomic mass is 32.2. The first-order valence-electron chi connectivity index (χ1n) is 10.1. The molecule has 1 aromatic rings. The van der Waals surface area contributed by atoms with Gasteiger partial charge in [0.05, 0.1) is 38.1 Å². The van der Waals surface area contributed by atoms with E-state index in [0.29, 0.717) is 11.8 Å². The molecule has 0 bridgehead atoms. The van der Waals surface area contributed by atoms with Crippen molar-refractivity contribution in [3.8, 4) is 5.75 Å². The van der Waals surface area contributed by atoms with Crippen molar-refractivity contribution in [2.45, 2.75) is 12.8 Å². The number of morpholine rings is 1. The van der Waals surface area contributed by atoms with Gasteiger partial charge in [0.15, 0.2) is 5.17 Å². The molecule has 0 aromatic heterocycles. The van der Waals surface area contributed by atoms with Gasteiger partial charge in [-0.05, 0) is 61.0 Å². The molecular weight excluding hydrogens is 420 g/mol. The number of carbonyl (C=O) groups is 2. The molecule has 1 aromatic carbocycles. The summed E-state index contributed by atoms with van der Waals surface area (Å²) in [6.07, 6.45) is 4.81. The van der Waals surface area contributed by atoms with Gasteiger partial charge in [-0.15, -0.1) is 5.10 Å². The molecule has 1 N–H and O–H groups in total. The van der Waals surface area contributed by atoms with Gasteiger partial charge in [-0.1, -0.05) is 0 Å². The number of amides is 1. The second-order valence-corrected chi connectivity index (χ2v) is 7.85. The molecule has 2 heterocycles. The summed E-state index contributed by atoms with van der Waals surface area (Å²) in [6.45, 7) is 5.48. The minimum absolute atomic E-state index is 0.215. The molecule has 0 spiro atoms. The third-order valence-electron chi connectivity index (χ3n) is 4.58. The molecule has 2 saturated heterocycles. The fraction of sp³-hybridized carbons (Fsp3) is 0.429. The Balaban J connectivity index is 1.38. The molecule has 31 heavy (non-hydrogen) atoms.